The predicted octanol–water partition coefficient (Wildman–Crippen LogP) is 3.68. The third kappa shape index (κ3) is 4.48. The van der Waals surface area contributed by atoms with Gasteiger partial charge in [0.15, 0.2) is 0 Å². The highest BCUT2D eigenvalue weighted by atomic mass is 35.5. The zero-order valence-electron chi connectivity index (χ0n) is 11.6. The molecule has 1 atom stereocenters. The van der Waals surface area contributed by atoms with Gasteiger partial charge in [0.2, 0.25) is 0 Å². The van der Waals surface area contributed by atoms with Gasteiger partial charge >= 0.3 is 0 Å². The van der Waals surface area contributed by atoms with Crippen molar-refractivity contribution in [2.75, 3.05) is 7.11 Å². The Kier molecular flexibility index (Phi) is 5.45. The second kappa shape index (κ2) is 6.41. The van der Waals surface area contributed by atoms with Crippen molar-refractivity contribution in [1.29, 1.82) is 0 Å². The number of hydrogen-bond acceptors (Lipinski definition) is 3. The quantitative estimate of drug-likeness (QED) is 0.634. The SMILES string of the molecule is COc1cc(Cl)ccc1C(CCC(C)(C)C)NN. The van der Waals surface area contributed by atoms with E-state index in [1.54, 1.807) is 7.11 Å². The zero-order chi connectivity index (χ0) is 13.8. The number of methoxy groups -OCH3 is 1. The molecule has 18 heavy (non-hydrogen) atoms. The van der Waals surface area contributed by atoms with E-state index in [-0.39, 0.29) is 11.5 Å². The van der Waals surface area contributed by atoms with E-state index in [0.717, 1.165) is 24.2 Å². The summed E-state index contributed by atoms with van der Waals surface area (Å²) in [4.78, 5) is 0. The molecule has 0 saturated carbocycles. The lowest BCUT2D eigenvalue weighted by Gasteiger charge is -2.24. The van der Waals surface area contributed by atoms with Crippen molar-refractivity contribution >= 4 is 11.6 Å². The lowest BCUT2D eigenvalue weighted by atomic mass is 9.87. The Balaban J connectivity index is 2.88. The summed E-state index contributed by atoms with van der Waals surface area (Å²) in [5, 5.41) is 0.669. The molecule has 0 bridgehead atoms. The van der Waals surface area contributed by atoms with Crippen LogP contribution in [0.1, 0.15) is 45.2 Å². The highest BCUT2D eigenvalue weighted by molar-refractivity contribution is 6.30. The topological polar surface area (TPSA) is 47.3 Å². The smallest absolute Gasteiger partial charge is 0.125 e. The Hall–Kier alpha value is -0.770. The number of rotatable bonds is 5. The Bertz CT molecular complexity index is 388. The van der Waals surface area contributed by atoms with E-state index < -0.39 is 0 Å². The number of nitrogens with two attached hydrogens (primary N) is 1. The maximum Gasteiger partial charge on any atom is 0.125 e. The Morgan fingerprint density at radius 1 is 1.39 bits per heavy atom. The van der Waals surface area contributed by atoms with Crippen LogP contribution in [-0.2, 0) is 0 Å². The van der Waals surface area contributed by atoms with Gasteiger partial charge in [0, 0.05) is 16.6 Å². The van der Waals surface area contributed by atoms with Crippen LogP contribution in [0.2, 0.25) is 5.02 Å². The lowest BCUT2D eigenvalue weighted by molar-refractivity contribution is 0.327. The Morgan fingerprint density at radius 2 is 2.06 bits per heavy atom. The molecule has 0 amide bonds. The normalized spacial score (nSPS) is 13.4. The molecular formula is C14H23ClN2O. The first-order valence-corrected chi connectivity index (χ1v) is 6.55. The van der Waals surface area contributed by atoms with Crippen molar-refractivity contribution in [2.45, 2.75) is 39.7 Å². The molecule has 1 rings (SSSR count). The van der Waals surface area contributed by atoms with E-state index >= 15 is 0 Å². The molecule has 102 valence electrons. The molecule has 3 nitrogen and oxygen atoms in total. The summed E-state index contributed by atoms with van der Waals surface area (Å²) in [6.07, 6.45) is 2.03. The molecule has 0 aliphatic rings. The summed E-state index contributed by atoms with van der Waals surface area (Å²) in [7, 11) is 1.65. The second-order valence-electron chi connectivity index (χ2n) is 5.70. The van der Waals surface area contributed by atoms with Crippen LogP contribution in [-0.4, -0.2) is 7.11 Å². The number of nitrogens with one attached hydrogen (secondary N) is 1. The van der Waals surface area contributed by atoms with Crippen LogP contribution in [0.3, 0.4) is 0 Å². The minimum atomic E-state index is 0.0800. The largest absolute Gasteiger partial charge is 0.496 e. The number of halogens is 1. The molecule has 0 aliphatic carbocycles. The summed E-state index contributed by atoms with van der Waals surface area (Å²) in [6, 6.07) is 5.73. The zero-order valence-corrected chi connectivity index (χ0v) is 12.3. The van der Waals surface area contributed by atoms with Gasteiger partial charge in [0.25, 0.3) is 0 Å². The molecule has 0 spiro atoms. The molecule has 1 aromatic rings. The van der Waals surface area contributed by atoms with Gasteiger partial charge in [-0.25, -0.2) is 0 Å². The van der Waals surface area contributed by atoms with Crippen LogP contribution in [0.4, 0.5) is 0 Å². The first-order chi connectivity index (χ1) is 8.37. The third-order valence-corrected chi connectivity index (χ3v) is 3.19. The number of hydrogen-bond donors (Lipinski definition) is 2. The van der Waals surface area contributed by atoms with Crippen molar-refractivity contribution in [2.24, 2.45) is 11.3 Å². The number of ether oxygens (including phenoxy) is 1. The van der Waals surface area contributed by atoms with E-state index in [4.69, 9.17) is 22.2 Å². The van der Waals surface area contributed by atoms with Crippen molar-refractivity contribution in [3.05, 3.63) is 28.8 Å². The van der Waals surface area contributed by atoms with E-state index in [0.29, 0.717) is 5.02 Å². The van der Waals surface area contributed by atoms with Crippen molar-refractivity contribution in [3.63, 3.8) is 0 Å². The third-order valence-electron chi connectivity index (χ3n) is 2.96. The second-order valence-corrected chi connectivity index (χ2v) is 6.14. The first-order valence-electron chi connectivity index (χ1n) is 6.17. The van der Waals surface area contributed by atoms with E-state index in [2.05, 4.69) is 26.2 Å². The minimum absolute atomic E-state index is 0.0800. The maximum absolute atomic E-state index is 5.96. The monoisotopic (exact) mass is 270 g/mol. The van der Waals surface area contributed by atoms with Crippen LogP contribution in [0.25, 0.3) is 0 Å². The molecular weight excluding hydrogens is 248 g/mol. The van der Waals surface area contributed by atoms with E-state index in [9.17, 15) is 0 Å². The van der Waals surface area contributed by atoms with Crippen LogP contribution in [0, 0.1) is 5.41 Å². The Morgan fingerprint density at radius 3 is 2.56 bits per heavy atom. The van der Waals surface area contributed by atoms with Crippen LogP contribution >= 0.6 is 11.6 Å². The highest BCUT2D eigenvalue weighted by Crippen LogP contribution is 2.33. The number of hydrazine groups is 1. The highest BCUT2D eigenvalue weighted by Gasteiger charge is 2.18. The van der Waals surface area contributed by atoms with Gasteiger partial charge in [-0.2, -0.15) is 0 Å². The van der Waals surface area contributed by atoms with Gasteiger partial charge in [0.1, 0.15) is 5.75 Å². The molecule has 0 aliphatic heterocycles. The molecule has 0 fully saturated rings. The van der Waals surface area contributed by atoms with Gasteiger partial charge in [-0.05, 0) is 30.4 Å². The first kappa shape index (κ1) is 15.3. The summed E-state index contributed by atoms with van der Waals surface area (Å²) in [6.45, 7) is 6.67. The van der Waals surface area contributed by atoms with Crippen molar-refractivity contribution in [1.82, 2.24) is 5.43 Å². The fourth-order valence-electron chi connectivity index (χ4n) is 1.88. The van der Waals surface area contributed by atoms with Crippen LogP contribution < -0.4 is 16.0 Å². The van der Waals surface area contributed by atoms with Gasteiger partial charge in [0.05, 0.1) is 7.11 Å². The van der Waals surface area contributed by atoms with Gasteiger partial charge in [-0.15, -0.1) is 0 Å². The fraction of sp³-hybridized carbons (Fsp3) is 0.571. The summed E-state index contributed by atoms with van der Waals surface area (Å²) in [5.74, 6) is 6.43. The molecule has 0 saturated heterocycles. The maximum atomic E-state index is 5.96. The average molecular weight is 271 g/mol. The average Bonchev–Trinajstić information content (AvgIpc) is 2.29. The molecule has 0 heterocycles. The molecule has 1 aromatic carbocycles. The van der Waals surface area contributed by atoms with Crippen LogP contribution in [0.5, 0.6) is 5.75 Å². The summed E-state index contributed by atoms with van der Waals surface area (Å²) in [5.41, 5.74) is 4.20. The van der Waals surface area contributed by atoms with E-state index in [1.807, 2.05) is 18.2 Å². The molecule has 0 aromatic heterocycles. The van der Waals surface area contributed by atoms with E-state index in [1.165, 1.54) is 0 Å². The predicted molar refractivity (Wildman–Crippen MR) is 76.8 cm³/mol. The van der Waals surface area contributed by atoms with Crippen LogP contribution in [0.15, 0.2) is 18.2 Å². The number of benzene rings is 1. The molecule has 3 N–H and O–H groups in total. The van der Waals surface area contributed by atoms with Gasteiger partial charge < -0.3 is 4.74 Å². The van der Waals surface area contributed by atoms with Crippen molar-refractivity contribution < 1.29 is 4.74 Å². The molecule has 1 unspecified atom stereocenters. The van der Waals surface area contributed by atoms with Gasteiger partial charge in [-0.1, -0.05) is 38.4 Å². The standard InChI is InChI=1S/C14H23ClN2O/c1-14(2,3)8-7-12(17-16)11-6-5-10(15)9-13(11)18-4/h5-6,9,12,17H,7-8,16H2,1-4H3. The summed E-state index contributed by atoms with van der Waals surface area (Å²) >= 11 is 5.96. The minimum Gasteiger partial charge on any atom is -0.496 e. The Labute approximate surface area is 115 Å². The molecule has 4 heteroatoms. The van der Waals surface area contributed by atoms with Gasteiger partial charge in [-0.3, -0.25) is 11.3 Å². The summed E-state index contributed by atoms with van der Waals surface area (Å²) < 4.78 is 5.36. The molecule has 0 radical (unpaired) electrons. The van der Waals surface area contributed by atoms with Crippen molar-refractivity contribution in [3.8, 4) is 5.75 Å². The lowest BCUT2D eigenvalue weighted by Crippen LogP contribution is -2.29. The fourth-order valence-corrected chi connectivity index (χ4v) is 2.04.